The summed E-state index contributed by atoms with van der Waals surface area (Å²) in [6, 6.07) is 5.19. The Morgan fingerprint density at radius 2 is 1.69 bits per heavy atom. The molecule has 1 aliphatic heterocycles. The molecule has 0 saturated carbocycles. The van der Waals surface area contributed by atoms with E-state index in [9.17, 15) is 26.4 Å². The number of rotatable bonds is 7. The van der Waals surface area contributed by atoms with Gasteiger partial charge in [-0.05, 0) is 48.9 Å². The molecule has 2 rings (SSSR count). The van der Waals surface area contributed by atoms with E-state index >= 15 is 0 Å². The lowest BCUT2D eigenvalue weighted by molar-refractivity contribution is -0.140. The minimum atomic E-state index is -4.49. The van der Waals surface area contributed by atoms with Gasteiger partial charge < -0.3 is 4.90 Å². The van der Waals surface area contributed by atoms with E-state index in [0.29, 0.717) is 25.9 Å². The summed E-state index contributed by atoms with van der Waals surface area (Å²) < 4.78 is 65.7. The first-order valence-electron chi connectivity index (χ1n) is 9.90. The van der Waals surface area contributed by atoms with E-state index in [1.54, 1.807) is 0 Å². The average molecular weight is 435 g/mol. The highest BCUT2D eigenvalue weighted by Crippen LogP contribution is 2.27. The molecule has 2 unspecified atom stereocenters. The van der Waals surface area contributed by atoms with E-state index in [-0.39, 0.29) is 28.8 Å². The predicted octanol–water partition coefficient (Wildman–Crippen LogP) is 4.16. The Morgan fingerprint density at radius 1 is 1.14 bits per heavy atom. The number of carbonyl (C=O) groups excluding carboxylic acids is 1. The zero-order valence-electron chi connectivity index (χ0n) is 17.1. The smallest absolute Gasteiger partial charge is 0.330 e. The number of piperidine rings is 1. The second-order valence-electron chi connectivity index (χ2n) is 7.99. The Balaban J connectivity index is 2.20. The summed E-state index contributed by atoms with van der Waals surface area (Å²) in [5.41, 5.74) is 0.0460. The number of sulfonamides is 1. The second kappa shape index (κ2) is 9.47. The molecular weight excluding hydrogens is 405 g/mol. The molecule has 0 aliphatic carbocycles. The topological polar surface area (TPSA) is 57.7 Å². The van der Waals surface area contributed by atoms with Gasteiger partial charge in [0.1, 0.15) is 6.54 Å². The van der Waals surface area contributed by atoms with Gasteiger partial charge in [0.2, 0.25) is 10.0 Å². The molecule has 1 fully saturated rings. The third-order valence-corrected chi connectivity index (χ3v) is 6.86. The van der Waals surface area contributed by atoms with Crippen molar-refractivity contribution in [3.63, 3.8) is 0 Å². The lowest BCUT2D eigenvalue weighted by Gasteiger charge is -2.34. The molecule has 2 atom stereocenters. The first-order chi connectivity index (χ1) is 13.4. The fraction of sp³-hybridized carbons (Fsp3) is 0.650. The fourth-order valence-electron chi connectivity index (χ4n) is 3.72. The van der Waals surface area contributed by atoms with Crippen LogP contribution in [0.1, 0.15) is 50.4 Å². The van der Waals surface area contributed by atoms with Crippen molar-refractivity contribution >= 4 is 15.9 Å². The van der Waals surface area contributed by atoms with Gasteiger partial charge in [0, 0.05) is 25.2 Å². The Kier molecular flexibility index (Phi) is 7.73. The van der Waals surface area contributed by atoms with Gasteiger partial charge in [-0.15, -0.1) is 0 Å². The van der Waals surface area contributed by atoms with Crippen molar-refractivity contribution in [2.45, 2.75) is 51.1 Å². The molecular formula is C20H29F3N2O3S. The number of benzene rings is 1. The van der Waals surface area contributed by atoms with Crippen molar-refractivity contribution in [3.8, 4) is 0 Å². The van der Waals surface area contributed by atoms with Gasteiger partial charge in [0.15, 0.2) is 0 Å². The van der Waals surface area contributed by atoms with E-state index in [4.69, 9.17) is 0 Å². The van der Waals surface area contributed by atoms with Crippen molar-refractivity contribution < 1.29 is 26.4 Å². The van der Waals surface area contributed by atoms with Gasteiger partial charge in [0.25, 0.3) is 5.91 Å². The first kappa shape index (κ1) is 23.7. The largest absolute Gasteiger partial charge is 0.406 e. The highest BCUT2D eigenvalue weighted by molar-refractivity contribution is 7.89. The van der Waals surface area contributed by atoms with Crippen molar-refractivity contribution in [1.29, 1.82) is 0 Å². The van der Waals surface area contributed by atoms with Crippen molar-refractivity contribution in [1.82, 2.24) is 9.21 Å². The molecule has 0 spiro atoms. The number of carbonyl (C=O) groups is 1. The highest BCUT2D eigenvalue weighted by atomic mass is 32.2. The summed E-state index contributed by atoms with van der Waals surface area (Å²) in [6.07, 6.45) is -2.41. The van der Waals surface area contributed by atoms with Gasteiger partial charge >= 0.3 is 6.18 Å². The van der Waals surface area contributed by atoms with Crippen molar-refractivity contribution in [2.75, 3.05) is 26.2 Å². The Labute approximate surface area is 170 Å². The molecule has 1 aliphatic rings. The lowest BCUT2D eigenvalue weighted by Crippen LogP contribution is -2.42. The minimum Gasteiger partial charge on any atom is -0.330 e. The third kappa shape index (κ3) is 6.44. The average Bonchev–Trinajstić information content (AvgIpc) is 2.63. The van der Waals surface area contributed by atoms with Crippen LogP contribution in [0.25, 0.3) is 0 Å². The molecule has 164 valence electrons. The molecule has 29 heavy (non-hydrogen) atoms. The van der Waals surface area contributed by atoms with Crippen molar-refractivity contribution in [3.05, 3.63) is 29.8 Å². The van der Waals surface area contributed by atoms with Crippen LogP contribution in [0.3, 0.4) is 0 Å². The third-order valence-electron chi connectivity index (χ3n) is 5.01. The number of unbranched alkanes of at least 4 members (excludes halogenated alkanes) is 1. The summed E-state index contributed by atoms with van der Waals surface area (Å²) in [6.45, 7) is 5.39. The van der Waals surface area contributed by atoms with E-state index in [1.165, 1.54) is 28.6 Å². The maximum absolute atomic E-state index is 12.9. The number of alkyl halides is 3. The van der Waals surface area contributed by atoms with Gasteiger partial charge in [0.05, 0.1) is 4.90 Å². The van der Waals surface area contributed by atoms with Gasteiger partial charge in [-0.3, -0.25) is 4.79 Å². The summed E-state index contributed by atoms with van der Waals surface area (Å²) >= 11 is 0. The van der Waals surface area contributed by atoms with Gasteiger partial charge in [-0.1, -0.05) is 27.2 Å². The summed E-state index contributed by atoms with van der Waals surface area (Å²) in [7, 11) is -3.71. The number of hydrogen-bond donors (Lipinski definition) is 0. The van der Waals surface area contributed by atoms with Crippen LogP contribution >= 0.6 is 0 Å². The molecule has 0 radical (unpaired) electrons. The van der Waals surface area contributed by atoms with E-state index in [0.717, 1.165) is 11.3 Å². The second-order valence-corrected chi connectivity index (χ2v) is 9.93. The summed E-state index contributed by atoms with van der Waals surface area (Å²) in [5, 5.41) is 0. The van der Waals surface area contributed by atoms with E-state index in [1.807, 2.05) is 20.8 Å². The maximum atomic E-state index is 12.9. The monoisotopic (exact) mass is 434 g/mol. The Hall–Kier alpha value is -1.61. The fourth-order valence-corrected chi connectivity index (χ4v) is 5.40. The molecule has 0 aromatic heterocycles. The van der Waals surface area contributed by atoms with Gasteiger partial charge in [-0.2, -0.15) is 17.5 Å². The Bertz CT molecular complexity index is 784. The Morgan fingerprint density at radius 3 is 2.17 bits per heavy atom. The highest BCUT2D eigenvalue weighted by Gasteiger charge is 2.34. The molecule has 9 heteroatoms. The summed E-state index contributed by atoms with van der Waals surface area (Å²) in [5.74, 6) is -0.243. The van der Waals surface area contributed by atoms with E-state index in [2.05, 4.69) is 0 Å². The standard InChI is InChI=1S/C20H29F3N2O3S/c1-4-5-10-24(14-20(21,22)23)19(26)17-6-8-18(9-7-17)29(27,28)25-12-15(2)11-16(3)13-25/h6-9,15-16H,4-5,10-14H2,1-3H3. The van der Waals surface area contributed by atoms with Crippen LogP contribution in [0.15, 0.2) is 29.2 Å². The molecule has 0 N–H and O–H groups in total. The quantitative estimate of drug-likeness (QED) is 0.648. The molecule has 1 amide bonds. The molecule has 1 heterocycles. The molecule has 0 bridgehead atoms. The zero-order valence-corrected chi connectivity index (χ0v) is 17.9. The SMILES string of the molecule is CCCCN(CC(F)(F)F)C(=O)c1ccc(S(=O)(=O)N2CC(C)CC(C)C2)cc1. The number of hydrogen-bond acceptors (Lipinski definition) is 3. The minimum absolute atomic E-state index is 0.00154. The normalized spacial score (nSPS) is 21.2. The summed E-state index contributed by atoms with van der Waals surface area (Å²) in [4.78, 5) is 13.4. The molecule has 1 aromatic carbocycles. The van der Waals surface area contributed by atoms with Crippen LogP contribution in [0.4, 0.5) is 13.2 Å². The lowest BCUT2D eigenvalue weighted by atomic mass is 9.94. The number of amides is 1. The van der Waals surface area contributed by atoms with Crippen LogP contribution in [0.2, 0.25) is 0 Å². The molecule has 5 nitrogen and oxygen atoms in total. The predicted molar refractivity (Wildman–Crippen MR) is 105 cm³/mol. The maximum Gasteiger partial charge on any atom is 0.406 e. The van der Waals surface area contributed by atoms with Crippen LogP contribution in [0, 0.1) is 11.8 Å². The molecule has 1 aromatic rings. The zero-order chi connectivity index (χ0) is 21.8. The molecule has 1 saturated heterocycles. The van der Waals surface area contributed by atoms with Crippen LogP contribution < -0.4 is 0 Å². The van der Waals surface area contributed by atoms with Gasteiger partial charge in [-0.25, -0.2) is 8.42 Å². The number of halogens is 3. The van der Waals surface area contributed by atoms with Crippen LogP contribution in [0.5, 0.6) is 0 Å². The van der Waals surface area contributed by atoms with Crippen LogP contribution in [-0.2, 0) is 10.0 Å². The van der Waals surface area contributed by atoms with E-state index < -0.39 is 28.7 Å². The number of nitrogens with zero attached hydrogens (tertiary/aromatic N) is 2. The van der Waals surface area contributed by atoms with Crippen LogP contribution in [-0.4, -0.2) is 55.9 Å². The van der Waals surface area contributed by atoms with Crippen molar-refractivity contribution in [2.24, 2.45) is 11.8 Å². The first-order valence-corrected chi connectivity index (χ1v) is 11.3.